The van der Waals surface area contributed by atoms with Crippen molar-refractivity contribution in [2.24, 2.45) is 0 Å². The Hall–Kier alpha value is -1.58. The molecule has 0 fully saturated rings. The lowest BCUT2D eigenvalue weighted by Gasteiger charge is -2.08. The van der Waals surface area contributed by atoms with Gasteiger partial charge in [-0.05, 0) is 42.8 Å². The van der Waals surface area contributed by atoms with Crippen molar-refractivity contribution in [1.82, 2.24) is 9.55 Å². The summed E-state index contributed by atoms with van der Waals surface area (Å²) < 4.78 is 15.6. The lowest BCUT2D eigenvalue weighted by Crippen LogP contribution is -1.99. The van der Waals surface area contributed by atoms with E-state index in [1.54, 1.807) is 25.1 Å². The molecule has 0 N–H and O–H groups in total. The highest BCUT2D eigenvalue weighted by atomic mass is 35.5. The summed E-state index contributed by atoms with van der Waals surface area (Å²) >= 11 is 11.9. The summed E-state index contributed by atoms with van der Waals surface area (Å²) in [6.45, 7) is 1.73. The quantitative estimate of drug-likeness (QED) is 0.618. The summed E-state index contributed by atoms with van der Waals surface area (Å²) in [7, 11) is 0. The molecule has 0 aliphatic rings. The molecule has 0 spiro atoms. The first kappa shape index (κ1) is 13.4. The van der Waals surface area contributed by atoms with E-state index in [0.29, 0.717) is 21.9 Å². The van der Waals surface area contributed by atoms with Crippen molar-refractivity contribution in [3.8, 4) is 5.69 Å². The molecular formula is C15H11Cl2FN2. The zero-order chi connectivity index (χ0) is 14.3. The van der Waals surface area contributed by atoms with Crippen LogP contribution in [0.25, 0.3) is 16.7 Å². The highest BCUT2D eigenvalue weighted by molar-refractivity contribution is 6.30. The van der Waals surface area contributed by atoms with Gasteiger partial charge in [-0.15, -0.1) is 11.6 Å². The zero-order valence-electron chi connectivity index (χ0n) is 10.7. The van der Waals surface area contributed by atoms with Crippen molar-refractivity contribution in [3.63, 3.8) is 0 Å². The summed E-state index contributed by atoms with van der Waals surface area (Å²) in [5.74, 6) is 0.659. The molecule has 1 heterocycles. The molecule has 0 saturated carbocycles. The van der Waals surface area contributed by atoms with Gasteiger partial charge in [0.1, 0.15) is 11.6 Å². The second kappa shape index (κ2) is 5.08. The minimum absolute atomic E-state index is 0.248. The second-order valence-corrected chi connectivity index (χ2v) is 5.27. The molecule has 0 aliphatic heterocycles. The van der Waals surface area contributed by atoms with E-state index in [9.17, 15) is 4.39 Å². The molecule has 2 aromatic carbocycles. The average Bonchev–Trinajstić information content (AvgIpc) is 2.78. The largest absolute Gasteiger partial charge is 0.295 e. The Labute approximate surface area is 125 Å². The minimum Gasteiger partial charge on any atom is -0.295 e. The van der Waals surface area contributed by atoms with E-state index >= 15 is 0 Å². The van der Waals surface area contributed by atoms with E-state index in [0.717, 1.165) is 11.2 Å². The Balaban J connectivity index is 2.32. The van der Waals surface area contributed by atoms with Gasteiger partial charge in [-0.1, -0.05) is 11.6 Å². The predicted molar refractivity (Wildman–Crippen MR) is 80.3 cm³/mol. The van der Waals surface area contributed by atoms with Crippen molar-refractivity contribution < 1.29 is 4.39 Å². The summed E-state index contributed by atoms with van der Waals surface area (Å²) in [6, 6.07) is 10.6. The smallest absolute Gasteiger partial charge is 0.129 e. The fraction of sp³-hybridized carbons (Fsp3) is 0.133. The third-order valence-electron chi connectivity index (χ3n) is 3.21. The Kier molecular flexibility index (Phi) is 3.40. The molecule has 0 aliphatic carbocycles. The van der Waals surface area contributed by atoms with E-state index in [-0.39, 0.29) is 11.7 Å². The van der Waals surface area contributed by atoms with Crippen LogP contribution in [-0.4, -0.2) is 9.55 Å². The summed E-state index contributed by atoms with van der Waals surface area (Å²) in [6.07, 6.45) is 0. The van der Waals surface area contributed by atoms with Gasteiger partial charge in [0.2, 0.25) is 0 Å². The Morgan fingerprint density at radius 1 is 1.20 bits per heavy atom. The molecule has 20 heavy (non-hydrogen) atoms. The van der Waals surface area contributed by atoms with Crippen LogP contribution in [0.1, 0.15) is 11.4 Å². The molecule has 1 aromatic heterocycles. The number of nitrogens with zero attached hydrogens (tertiary/aromatic N) is 2. The molecule has 3 aromatic rings. The highest BCUT2D eigenvalue weighted by Gasteiger charge is 2.13. The number of benzene rings is 2. The Bertz CT molecular complexity index is 779. The first-order chi connectivity index (χ1) is 9.60. The summed E-state index contributed by atoms with van der Waals surface area (Å²) in [5.41, 5.74) is 2.91. The van der Waals surface area contributed by atoms with Crippen molar-refractivity contribution >= 4 is 34.2 Å². The van der Waals surface area contributed by atoms with Crippen molar-refractivity contribution in [2.75, 3.05) is 0 Å². The number of halogens is 3. The van der Waals surface area contributed by atoms with Crippen molar-refractivity contribution in [1.29, 1.82) is 0 Å². The third kappa shape index (κ3) is 2.17. The number of hydrogen-bond donors (Lipinski definition) is 0. The van der Waals surface area contributed by atoms with Crippen molar-refractivity contribution in [2.45, 2.75) is 12.8 Å². The monoisotopic (exact) mass is 308 g/mol. The molecule has 0 unspecified atom stereocenters. The summed E-state index contributed by atoms with van der Waals surface area (Å²) in [4.78, 5) is 4.39. The second-order valence-electron chi connectivity index (χ2n) is 4.56. The minimum atomic E-state index is -0.264. The summed E-state index contributed by atoms with van der Waals surface area (Å²) in [5, 5.41) is 0.660. The van der Waals surface area contributed by atoms with Crippen molar-refractivity contribution in [3.05, 3.63) is 58.6 Å². The fourth-order valence-electron chi connectivity index (χ4n) is 2.22. The first-order valence-corrected chi connectivity index (χ1v) is 7.01. The topological polar surface area (TPSA) is 17.8 Å². The molecule has 0 amide bonds. The van der Waals surface area contributed by atoms with E-state index in [1.807, 2.05) is 16.7 Å². The molecule has 0 saturated heterocycles. The Morgan fingerprint density at radius 2 is 1.90 bits per heavy atom. The van der Waals surface area contributed by atoms with E-state index in [1.165, 1.54) is 6.07 Å². The highest BCUT2D eigenvalue weighted by Crippen LogP contribution is 2.25. The van der Waals surface area contributed by atoms with Gasteiger partial charge in [0.15, 0.2) is 0 Å². The molecule has 0 radical (unpaired) electrons. The fourth-order valence-corrected chi connectivity index (χ4v) is 2.53. The Morgan fingerprint density at radius 3 is 2.55 bits per heavy atom. The lowest BCUT2D eigenvalue weighted by molar-refractivity contribution is 0.620. The van der Waals surface area contributed by atoms with Crippen LogP contribution in [0.15, 0.2) is 36.4 Å². The maximum atomic E-state index is 13.6. The number of imidazole rings is 1. The molecule has 2 nitrogen and oxygen atoms in total. The number of alkyl halides is 1. The maximum absolute atomic E-state index is 13.6. The van der Waals surface area contributed by atoms with Gasteiger partial charge < -0.3 is 0 Å². The molecule has 3 rings (SSSR count). The lowest BCUT2D eigenvalue weighted by atomic mass is 10.2. The van der Waals surface area contributed by atoms with E-state index in [2.05, 4.69) is 4.98 Å². The van der Waals surface area contributed by atoms with Gasteiger partial charge >= 0.3 is 0 Å². The van der Waals surface area contributed by atoms with Gasteiger partial charge in [0.05, 0.1) is 16.9 Å². The van der Waals surface area contributed by atoms with Crippen LogP contribution in [0.5, 0.6) is 0 Å². The van der Waals surface area contributed by atoms with Gasteiger partial charge in [-0.3, -0.25) is 4.57 Å². The van der Waals surface area contributed by atoms with Gasteiger partial charge in [-0.2, -0.15) is 0 Å². The average molecular weight is 309 g/mol. The standard InChI is InChI=1S/C15H11Cl2FN2/c1-9-6-14-13(7-12(9)18)19-15(8-16)20(14)11-4-2-10(17)3-5-11/h2-7H,8H2,1H3. The number of aryl methyl sites for hydroxylation is 1. The zero-order valence-corrected chi connectivity index (χ0v) is 12.2. The van der Waals surface area contributed by atoms with Crippen LogP contribution in [-0.2, 0) is 5.88 Å². The molecule has 0 atom stereocenters. The maximum Gasteiger partial charge on any atom is 0.129 e. The third-order valence-corrected chi connectivity index (χ3v) is 3.70. The van der Waals surface area contributed by atoms with Gasteiger partial charge in [-0.25, -0.2) is 9.37 Å². The normalized spacial score (nSPS) is 11.2. The number of hydrogen-bond acceptors (Lipinski definition) is 1. The number of fused-ring (bicyclic) bond motifs is 1. The van der Waals surface area contributed by atoms with Gasteiger partial charge in [0, 0.05) is 16.8 Å². The number of rotatable bonds is 2. The van der Waals surface area contributed by atoms with Gasteiger partial charge in [0.25, 0.3) is 0 Å². The van der Waals surface area contributed by atoms with Crippen LogP contribution >= 0.6 is 23.2 Å². The SMILES string of the molecule is Cc1cc2c(cc1F)nc(CCl)n2-c1ccc(Cl)cc1. The molecule has 5 heteroatoms. The van der Waals surface area contributed by atoms with E-state index < -0.39 is 0 Å². The predicted octanol–water partition coefficient (Wildman–Crippen LogP) is 4.87. The van der Waals surface area contributed by atoms with E-state index in [4.69, 9.17) is 23.2 Å². The first-order valence-electron chi connectivity index (χ1n) is 6.09. The van der Waals surface area contributed by atoms with Crippen LogP contribution < -0.4 is 0 Å². The molecular weight excluding hydrogens is 298 g/mol. The van der Waals surface area contributed by atoms with Crippen LogP contribution in [0.4, 0.5) is 4.39 Å². The number of aromatic nitrogens is 2. The molecule has 102 valence electrons. The van der Waals surface area contributed by atoms with Crippen LogP contribution in [0.3, 0.4) is 0 Å². The van der Waals surface area contributed by atoms with Crippen LogP contribution in [0.2, 0.25) is 5.02 Å². The van der Waals surface area contributed by atoms with Crippen LogP contribution in [0, 0.1) is 12.7 Å². The molecule has 0 bridgehead atoms.